The van der Waals surface area contributed by atoms with Gasteiger partial charge in [0.05, 0.1) is 21.4 Å². The lowest BCUT2D eigenvalue weighted by molar-refractivity contribution is -0.162. The van der Waals surface area contributed by atoms with E-state index in [9.17, 15) is 35.6 Å². The van der Waals surface area contributed by atoms with Crippen molar-refractivity contribution in [1.29, 1.82) is 0 Å². The zero-order chi connectivity index (χ0) is 32.3. The van der Waals surface area contributed by atoms with Gasteiger partial charge in [0.25, 0.3) is 15.9 Å². The molecule has 2 aromatic carbocycles. The lowest BCUT2D eigenvalue weighted by Gasteiger charge is -2.35. The van der Waals surface area contributed by atoms with Gasteiger partial charge in [-0.25, -0.2) is 35.1 Å². The molecule has 43 heavy (non-hydrogen) atoms. The molecule has 1 unspecified atom stereocenters. The number of hydrogen-bond acceptors (Lipinski definition) is 10. The fraction of sp³-hybridized carbons (Fsp3) is 0.444. The molecule has 2 amide bonds. The van der Waals surface area contributed by atoms with E-state index >= 15 is 0 Å². The summed E-state index contributed by atoms with van der Waals surface area (Å²) in [5.74, 6) is -4.06. The smallest absolute Gasteiger partial charge is 0.414 e. The molecule has 0 aliphatic carbocycles. The number of carbonyl (C=O) groups is 3. The normalized spacial score (nSPS) is 17.4. The van der Waals surface area contributed by atoms with Crippen molar-refractivity contribution >= 4 is 49.4 Å². The number of rotatable bonds is 8. The third-order valence-electron chi connectivity index (χ3n) is 6.07. The fourth-order valence-electron chi connectivity index (χ4n) is 4.03. The minimum absolute atomic E-state index is 0.126. The van der Waals surface area contributed by atoms with E-state index in [0.29, 0.717) is 5.56 Å². The summed E-state index contributed by atoms with van der Waals surface area (Å²) in [7, 11) is -5.69. The van der Waals surface area contributed by atoms with Gasteiger partial charge in [0.15, 0.2) is 9.84 Å². The van der Waals surface area contributed by atoms with E-state index in [0.717, 1.165) is 18.2 Å². The molecule has 1 saturated heterocycles. The molecule has 12 nitrogen and oxygen atoms in total. The Labute approximate surface area is 255 Å². The van der Waals surface area contributed by atoms with Gasteiger partial charge in [-0.2, -0.15) is 0 Å². The lowest BCUT2D eigenvalue weighted by Crippen LogP contribution is -2.60. The van der Waals surface area contributed by atoms with Crippen LogP contribution in [0.2, 0.25) is 5.02 Å². The van der Waals surface area contributed by atoms with Crippen LogP contribution in [-0.2, 0) is 40.6 Å². The molecule has 1 N–H and O–H groups in total. The maximum atomic E-state index is 14.1. The van der Waals surface area contributed by atoms with Crippen LogP contribution in [-0.4, -0.2) is 93.8 Å². The van der Waals surface area contributed by atoms with E-state index in [1.54, 1.807) is 20.8 Å². The van der Waals surface area contributed by atoms with Crippen molar-refractivity contribution in [2.24, 2.45) is 0 Å². The molecule has 2 aromatic rings. The Kier molecular flexibility index (Phi) is 10.5. The Balaban J connectivity index is 2.14. The minimum Gasteiger partial charge on any atom is -0.458 e. The highest BCUT2D eigenvalue weighted by Gasteiger charge is 2.45. The fourth-order valence-corrected chi connectivity index (χ4v) is 7.23. The molecule has 0 bridgehead atoms. The maximum absolute atomic E-state index is 14.1. The number of sulfone groups is 1. The minimum atomic E-state index is -4.96. The summed E-state index contributed by atoms with van der Waals surface area (Å²) >= 11 is 5.85. The number of nitrogens with zero attached hydrogens (tertiary/aromatic N) is 2. The Morgan fingerprint density at radius 1 is 1.12 bits per heavy atom. The van der Waals surface area contributed by atoms with Crippen LogP contribution >= 0.6 is 11.6 Å². The molecule has 0 radical (unpaired) electrons. The number of halogens is 2. The van der Waals surface area contributed by atoms with Gasteiger partial charge < -0.3 is 19.7 Å². The Morgan fingerprint density at radius 3 is 2.28 bits per heavy atom. The molecule has 1 heterocycles. The topological polar surface area (TPSA) is 156 Å². The largest absolute Gasteiger partial charge is 0.458 e. The van der Waals surface area contributed by atoms with E-state index in [2.05, 4.69) is 5.32 Å². The van der Waals surface area contributed by atoms with Gasteiger partial charge >= 0.3 is 12.1 Å². The van der Waals surface area contributed by atoms with Crippen molar-refractivity contribution < 1.29 is 45.1 Å². The van der Waals surface area contributed by atoms with Crippen molar-refractivity contribution in [2.45, 2.75) is 49.8 Å². The summed E-state index contributed by atoms with van der Waals surface area (Å²) in [5.41, 5.74) is -0.765. The number of hydrogen-bond donors (Lipinski definition) is 1. The molecule has 1 aliphatic rings. The monoisotopic (exact) mass is 661 g/mol. The maximum Gasteiger partial charge on any atom is 0.414 e. The van der Waals surface area contributed by atoms with Crippen LogP contribution in [0.5, 0.6) is 5.75 Å². The van der Waals surface area contributed by atoms with Crippen molar-refractivity contribution in [3.63, 3.8) is 0 Å². The highest BCUT2D eigenvalue weighted by atomic mass is 35.5. The van der Waals surface area contributed by atoms with Gasteiger partial charge in [0, 0.05) is 27.1 Å². The molecule has 1 aliphatic heterocycles. The average molecular weight is 662 g/mol. The highest BCUT2D eigenvalue weighted by Crippen LogP contribution is 2.28. The number of amides is 2. The van der Waals surface area contributed by atoms with Crippen molar-refractivity contribution in [1.82, 2.24) is 14.5 Å². The van der Waals surface area contributed by atoms with Gasteiger partial charge in [-0.05, 0) is 56.7 Å². The van der Waals surface area contributed by atoms with Crippen molar-refractivity contribution in [3.05, 3.63) is 58.9 Å². The number of sulfonamides is 1. The number of benzene rings is 2. The second-order valence-electron chi connectivity index (χ2n) is 11.0. The summed E-state index contributed by atoms with van der Waals surface area (Å²) in [4.78, 5) is 40.1. The number of carbonyl (C=O) groups excluding carboxylic acids is 3. The van der Waals surface area contributed by atoms with Gasteiger partial charge in [-0.15, -0.1) is 0 Å². The zero-order valence-corrected chi connectivity index (χ0v) is 26.6. The molecule has 0 aromatic heterocycles. The summed E-state index contributed by atoms with van der Waals surface area (Å²) in [6, 6.07) is 4.87. The predicted octanol–water partition coefficient (Wildman–Crippen LogP) is 2.40. The van der Waals surface area contributed by atoms with Crippen LogP contribution in [0, 0.1) is 5.82 Å². The van der Waals surface area contributed by atoms with Gasteiger partial charge in [-0.3, -0.25) is 4.79 Å². The quantitative estimate of drug-likeness (QED) is 0.417. The number of esters is 1. The summed E-state index contributed by atoms with van der Waals surface area (Å²) in [5, 5.41) is 2.16. The molecule has 2 atom stereocenters. The van der Waals surface area contributed by atoms with E-state index in [4.69, 9.17) is 21.1 Å². The van der Waals surface area contributed by atoms with Gasteiger partial charge in [-0.1, -0.05) is 23.7 Å². The molecule has 3 rings (SSSR count). The summed E-state index contributed by atoms with van der Waals surface area (Å²) in [6.07, 6.45) is -1.05. The Morgan fingerprint density at radius 2 is 1.74 bits per heavy atom. The number of nitrogens with one attached hydrogen (secondary N) is 1. The molecule has 1 fully saturated rings. The van der Waals surface area contributed by atoms with Crippen LogP contribution in [0.1, 0.15) is 26.3 Å². The van der Waals surface area contributed by atoms with E-state index < -0.39 is 83.4 Å². The van der Waals surface area contributed by atoms with Crippen molar-refractivity contribution in [3.8, 4) is 5.75 Å². The van der Waals surface area contributed by atoms with Gasteiger partial charge in [0.1, 0.15) is 29.3 Å². The average Bonchev–Trinajstić information content (AvgIpc) is 2.88. The van der Waals surface area contributed by atoms with E-state index in [-0.39, 0.29) is 22.4 Å². The third kappa shape index (κ3) is 8.87. The first kappa shape index (κ1) is 34.2. The molecular formula is C27H33ClFN3O9S2. The number of ether oxygens (including phenoxy) is 2. The summed E-state index contributed by atoms with van der Waals surface area (Å²) in [6.45, 7) is 4.52. The SMILES string of the molecule is CN(C)C(=O)Oc1ccc(C[C@@H](C(=O)OC(C)(C)C)N(C(=O)C2CS(=O)(=O)CCN2)S(=O)(=O)c2ccc(F)c(Cl)c2)cc1. The van der Waals surface area contributed by atoms with Crippen LogP contribution in [0.3, 0.4) is 0 Å². The first-order valence-corrected chi connectivity index (χ1v) is 16.6. The molecule has 0 saturated carbocycles. The standard InChI is InChI=1S/C27H33ClFN3O9S2/c1-27(2,3)41-25(34)23(14-17-6-8-18(9-7-17)40-26(35)31(4)5)32(24(33)22-16-42(36,37)13-12-30-22)43(38,39)19-10-11-21(29)20(28)15-19/h6-11,15,22-23,30H,12-14,16H2,1-5H3/t22?,23-/m0/s1. The zero-order valence-electron chi connectivity index (χ0n) is 24.2. The van der Waals surface area contributed by atoms with E-state index in [1.165, 1.54) is 43.3 Å². The predicted molar refractivity (Wildman–Crippen MR) is 155 cm³/mol. The molecule has 16 heteroatoms. The van der Waals surface area contributed by atoms with Crippen LogP contribution in [0.15, 0.2) is 47.4 Å². The van der Waals surface area contributed by atoms with Crippen LogP contribution < -0.4 is 10.1 Å². The van der Waals surface area contributed by atoms with E-state index in [1.807, 2.05) is 0 Å². The molecule has 0 spiro atoms. The molecule has 236 valence electrons. The third-order valence-corrected chi connectivity index (χ3v) is 9.83. The second kappa shape index (κ2) is 13.2. The lowest BCUT2D eigenvalue weighted by atomic mass is 10.0. The molecular weight excluding hydrogens is 629 g/mol. The first-order valence-electron chi connectivity index (χ1n) is 13.0. The van der Waals surface area contributed by atoms with Gasteiger partial charge in [0.2, 0.25) is 0 Å². The Bertz CT molecular complexity index is 1590. The first-order chi connectivity index (χ1) is 19.8. The van der Waals surface area contributed by atoms with Crippen LogP contribution in [0.25, 0.3) is 0 Å². The Hall–Kier alpha value is -3.27. The summed E-state index contributed by atoms with van der Waals surface area (Å²) < 4.78 is 77.8. The van der Waals surface area contributed by atoms with Crippen LogP contribution in [0.4, 0.5) is 9.18 Å². The highest BCUT2D eigenvalue weighted by molar-refractivity contribution is 7.91. The van der Waals surface area contributed by atoms with Crippen molar-refractivity contribution in [2.75, 3.05) is 32.1 Å². The second-order valence-corrected chi connectivity index (χ2v) is 15.4.